The number of rotatable bonds is 7. The SMILES string of the molecule is C(#CC1CCC(CCC2CCC(OCOC3CCCCC3)CC2)CC1)C1CCCCC1. The average Bonchev–Trinajstić information content (AvgIpc) is 2.84. The Morgan fingerprint density at radius 1 is 0.452 bits per heavy atom. The van der Waals surface area contributed by atoms with Gasteiger partial charge in [-0.15, -0.1) is 0 Å². The number of ether oxygens (including phenoxy) is 2. The standard InChI is InChI=1S/C29H48O2/c1-3-7-24(8-4-1)11-12-25-13-15-26(16-14-25)17-18-27-19-21-29(22-20-27)31-23-30-28-9-5-2-6-10-28/h24-29H,1-10,13-23H2. The fourth-order valence-corrected chi connectivity index (χ4v) is 6.60. The summed E-state index contributed by atoms with van der Waals surface area (Å²) < 4.78 is 12.0. The Labute approximate surface area is 192 Å². The van der Waals surface area contributed by atoms with Gasteiger partial charge in [0.2, 0.25) is 0 Å². The fraction of sp³-hybridized carbons (Fsp3) is 0.931. The highest BCUT2D eigenvalue weighted by atomic mass is 16.7. The van der Waals surface area contributed by atoms with Crippen LogP contribution in [0, 0.1) is 35.5 Å². The van der Waals surface area contributed by atoms with Gasteiger partial charge in [-0.05, 0) is 88.9 Å². The van der Waals surface area contributed by atoms with Gasteiger partial charge in [-0.2, -0.15) is 0 Å². The molecule has 0 aromatic carbocycles. The third-order valence-corrected chi connectivity index (χ3v) is 8.88. The normalized spacial score (nSPS) is 33.5. The predicted molar refractivity (Wildman–Crippen MR) is 129 cm³/mol. The van der Waals surface area contributed by atoms with Gasteiger partial charge in [-0.25, -0.2) is 0 Å². The molecule has 0 aromatic rings. The van der Waals surface area contributed by atoms with Crippen LogP contribution >= 0.6 is 0 Å². The Kier molecular flexibility index (Phi) is 10.1. The van der Waals surface area contributed by atoms with Crippen LogP contribution in [0.3, 0.4) is 0 Å². The molecule has 0 spiro atoms. The van der Waals surface area contributed by atoms with E-state index < -0.39 is 0 Å². The highest BCUT2D eigenvalue weighted by Crippen LogP contribution is 2.36. The third kappa shape index (κ3) is 8.40. The third-order valence-electron chi connectivity index (χ3n) is 8.88. The van der Waals surface area contributed by atoms with Crippen molar-refractivity contribution in [3.63, 3.8) is 0 Å². The van der Waals surface area contributed by atoms with E-state index in [2.05, 4.69) is 11.8 Å². The second-order valence-corrected chi connectivity index (χ2v) is 11.3. The van der Waals surface area contributed by atoms with Gasteiger partial charge in [0, 0.05) is 11.8 Å². The molecule has 0 atom stereocenters. The first-order valence-corrected chi connectivity index (χ1v) is 14.1. The maximum atomic E-state index is 6.07. The zero-order chi connectivity index (χ0) is 21.1. The summed E-state index contributed by atoms with van der Waals surface area (Å²) in [5.74, 6) is 10.7. The van der Waals surface area contributed by atoms with Crippen molar-refractivity contribution < 1.29 is 9.47 Å². The first-order valence-electron chi connectivity index (χ1n) is 14.1. The van der Waals surface area contributed by atoms with Gasteiger partial charge in [0.15, 0.2) is 0 Å². The van der Waals surface area contributed by atoms with Crippen molar-refractivity contribution in [2.24, 2.45) is 23.7 Å². The molecule has 4 aliphatic rings. The van der Waals surface area contributed by atoms with Gasteiger partial charge in [0.25, 0.3) is 0 Å². The van der Waals surface area contributed by atoms with Crippen molar-refractivity contribution in [1.82, 2.24) is 0 Å². The van der Waals surface area contributed by atoms with Crippen LogP contribution in [0.15, 0.2) is 0 Å². The predicted octanol–water partition coefficient (Wildman–Crippen LogP) is 8.04. The van der Waals surface area contributed by atoms with E-state index in [1.165, 1.54) is 128 Å². The monoisotopic (exact) mass is 428 g/mol. The molecule has 2 nitrogen and oxygen atoms in total. The van der Waals surface area contributed by atoms with Gasteiger partial charge in [0.05, 0.1) is 12.2 Å². The Morgan fingerprint density at radius 2 is 0.903 bits per heavy atom. The molecular weight excluding hydrogens is 380 g/mol. The Hall–Kier alpha value is -0.520. The largest absolute Gasteiger partial charge is 0.352 e. The highest BCUT2D eigenvalue weighted by molar-refractivity contribution is 5.08. The average molecular weight is 429 g/mol. The maximum absolute atomic E-state index is 6.07. The van der Waals surface area contributed by atoms with Gasteiger partial charge in [0.1, 0.15) is 6.79 Å². The van der Waals surface area contributed by atoms with Crippen LogP contribution in [0.2, 0.25) is 0 Å². The van der Waals surface area contributed by atoms with Crippen LogP contribution in [0.25, 0.3) is 0 Å². The van der Waals surface area contributed by atoms with E-state index >= 15 is 0 Å². The second kappa shape index (κ2) is 13.3. The smallest absolute Gasteiger partial charge is 0.147 e. The Morgan fingerprint density at radius 3 is 1.48 bits per heavy atom. The molecule has 4 saturated carbocycles. The minimum Gasteiger partial charge on any atom is -0.352 e. The molecule has 0 N–H and O–H groups in total. The summed E-state index contributed by atoms with van der Waals surface area (Å²) in [5, 5.41) is 0. The lowest BCUT2D eigenvalue weighted by Gasteiger charge is -2.31. The molecule has 31 heavy (non-hydrogen) atoms. The number of hydrogen-bond acceptors (Lipinski definition) is 2. The van der Waals surface area contributed by atoms with E-state index in [0.717, 1.165) is 17.8 Å². The molecule has 176 valence electrons. The highest BCUT2D eigenvalue weighted by Gasteiger charge is 2.25. The lowest BCUT2D eigenvalue weighted by atomic mass is 9.77. The summed E-state index contributed by atoms with van der Waals surface area (Å²) in [6.45, 7) is 0.535. The van der Waals surface area contributed by atoms with Crippen LogP contribution in [0.1, 0.15) is 128 Å². The zero-order valence-corrected chi connectivity index (χ0v) is 20.1. The molecule has 2 heteroatoms. The molecule has 0 aromatic heterocycles. The summed E-state index contributed by atoms with van der Waals surface area (Å²) in [4.78, 5) is 0. The van der Waals surface area contributed by atoms with Crippen LogP contribution in [0.5, 0.6) is 0 Å². The van der Waals surface area contributed by atoms with Crippen LogP contribution < -0.4 is 0 Å². The fourth-order valence-electron chi connectivity index (χ4n) is 6.60. The van der Waals surface area contributed by atoms with E-state index in [4.69, 9.17) is 9.47 Å². The minimum absolute atomic E-state index is 0.456. The summed E-state index contributed by atoms with van der Waals surface area (Å²) in [6, 6.07) is 0. The van der Waals surface area contributed by atoms with Crippen LogP contribution in [-0.2, 0) is 9.47 Å². The van der Waals surface area contributed by atoms with Crippen molar-refractivity contribution in [1.29, 1.82) is 0 Å². The molecular formula is C29H48O2. The molecule has 0 heterocycles. The summed E-state index contributed by atoms with van der Waals surface area (Å²) in [6.07, 6.45) is 28.2. The molecule has 0 saturated heterocycles. The van der Waals surface area contributed by atoms with Gasteiger partial charge in [-0.3, -0.25) is 0 Å². The van der Waals surface area contributed by atoms with Gasteiger partial charge >= 0.3 is 0 Å². The first kappa shape index (κ1) is 23.6. The van der Waals surface area contributed by atoms with E-state index in [1.54, 1.807) is 0 Å². The Bertz CT molecular complexity index is 533. The molecule has 0 radical (unpaired) electrons. The summed E-state index contributed by atoms with van der Waals surface area (Å²) in [7, 11) is 0. The molecule has 0 bridgehead atoms. The molecule has 4 rings (SSSR count). The lowest BCUT2D eigenvalue weighted by molar-refractivity contribution is -0.133. The second-order valence-electron chi connectivity index (χ2n) is 11.3. The maximum Gasteiger partial charge on any atom is 0.147 e. The first-order chi connectivity index (χ1) is 15.3. The molecule has 4 aliphatic carbocycles. The molecule has 0 unspecified atom stereocenters. The lowest BCUT2D eigenvalue weighted by Crippen LogP contribution is -2.25. The quantitative estimate of drug-likeness (QED) is 0.302. The van der Waals surface area contributed by atoms with E-state index in [0.29, 0.717) is 24.9 Å². The number of hydrogen-bond donors (Lipinski definition) is 0. The van der Waals surface area contributed by atoms with E-state index in [-0.39, 0.29) is 0 Å². The molecule has 0 amide bonds. The van der Waals surface area contributed by atoms with Crippen molar-refractivity contribution in [3.8, 4) is 11.8 Å². The van der Waals surface area contributed by atoms with Crippen LogP contribution in [-0.4, -0.2) is 19.0 Å². The van der Waals surface area contributed by atoms with Gasteiger partial charge < -0.3 is 9.47 Å². The minimum atomic E-state index is 0.456. The van der Waals surface area contributed by atoms with E-state index in [1.807, 2.05) is 0 Å². The van der Waals surface area contributed by atoms with Crippen LogP contribution in [0.4, 0.5) is 0 Å². The topological polar surface area (TPSA) is 18.5 Å². The summed E-state index contributed by atoms with van der Waals surface area (Å²) in [5.41, 5.74) is 0. The Balaban J connectivity index is 1.03. The van der Waals surface area contributed by atoms with Crippen molar-refractivity contribution in [2.45, 2.75) is 141 Å². The molecule has 4 fully saturated rings. The van der Waals surface area contributed by atoms with Crippen molar-refractivity contribution >= 4 is 0 Å². The molecule has 0 aliphatic heterocycles. The zero-order valence-electron chi connectivity index (χ0n) is 20.1. The van der Waals surface area contributed by atoms with Gasteiger partial charge in [-0.1, -0.05) is 63.2 Å². The summed E-state index contributed by atoms with van der Waals surface area (Å²) >= 11 is 0. The van der Waals surface area contributed by atoms with E-state index in [9.17, 15) is 0 Å². The van der Waals surface area contributed by atoms with Crippen molar-refractivity contribution in [2.75, 3.05) is 6.79 Å². The van der Waals surface area contributed by atoms with Crippen molar-refractivity contribution in [3.05, 3.63) is 0 Å².